The van der Waals surface area contributed by atoms with Crippen molar-refractivity contribution in [3.63, 3.8) is 0 Å². The number of carbonyl (C=O) groups is 2. The molecule has 6 nitrogen and oxygen atoms in total. The van der Waals surface area contributed by atoms with Gasteiger partial charge in [0, 0.05) is 25.7 Å². The van der Waals surface area contributed by atoms with Gasteiger partial charge in [-0.05, 0) is 31.7 Å². The first-order valence-electron chi connectivity index (χ1n) is 7.80. The maximum Gasteiger partial charge on any atom is 0.258 e. The molecule has 1 aromatic carbocycles. The molecule has 2 fully saturated rings. The number of benzene rings is 1. The van der Waals surface area contributed by atoms with Crippen molar-refractivity contribution in [3.8, 4) is 11.5 Å². The molecule has 0 aliphatic carbocycles. The van der Waals surface area contributed by atoms with Crippen LogP contribution in [0.1, 0.15) is 36.0 Å². The predicted octanol–water partition coefficient (Wildman–Crippen LogP) is 1.98. The van der Waals surface area contributed by atoms with Crippen LogP contribution in [0.5, 0.6) is 11.5 Å². The zero-order chi connectivity index (χ0) is 16.6. The summed E-state index contributed by atoms with van der Waals surface area (Å²) in [5.41, 5.74) is 0.00826. The highest BCUT2D eigenvalue weighted by Gasteiger charge is 2.38. The lowest BCUT2D eigenvalue weighted by Gasteiger charge is -2.28. The number of phenolic OH excluding ortho intramolecular Hbond substituents is 2. The Labute approximate surface area is 139 Å². The van der Waals surface area contributed by atoms with Gasteiger partial charge in [0.1, 0.15) is 17.5 Å². The number of carbonyl (C=O) groups excluding carboxylic acids is 2. The molecule has 0 bridgehead atoms. The number of aromatic hydroxyl groups is 2. The second-order valence-corrected chi connectivity index (χ2v) is 6.42. The summed E-state index contributed by atoms with van der Waals surface area (Å²) in [6.45, 7) is 1.96. The highest BCUT2D eigenvalue weighted by atomic mass is 35.5. The minimum absolute atomic E-state index is 0.00670. The summed E-state index contributed by atoms with van der Waals surface area (Å²) >= 11 is 5.83. The van der Waals surface area contributed by atoms with E-state index in [2.05, 4.69) is 0 Å². The van der Waals surface area contributed by atoms with Crippen molar-refractivity contribution < 1.29 is 19.8 Å². The Balaban J connectivity index is 1.83. The second-order valence-electron chi connectivity index (χ2n) is 6.01. The first kappa shape index (κ1) is 15.9. The molecule has 2 amide bonds. The molecule has 2 saturated heterocycles. The summed E-state index contributed by atoms with van der Waals surface area (Å²) in [5.74, 6) is -1.07. The van der Waals surface area contributed by atoms with Crippen molar-refractivity contribution in [2.45, 2.75) is 31.7 Å². The Morgan fingerprint density at radius 3 is 2.43 bits per heavy atom. The highest BCUT2D eigenvalue weighted by molar-refractivity contribution is 6.32. The number of phenols is 2. The fraction of sp³-hybridized carbons (Fsp3) is 0.500. The molecule has 0 radical (unpaired) electrons. The van der Waals surface area contributed by atoms with Crippen molar-refractivity contribution in [1.82, 2.24) is 9.80 Å². The molecule has 7 heteroatoms. The lowest BCUT2D eigenvalue weighted by molar-refractivity contribution is -0.134. The lowest BCUT2D eigenvalue weighted by Crippen LogP contribution is -2.47. The average Bonchev–Trinajstić information content (AvgIpc) is 3.20. The van der Waals surface area contributed by atoms with Crippen LogP contribution < -0.4 is 0 Å². The van der Waals surface area contributed by atoms with E-state index in [-0.39, 0.29) is 28.0 Å². The van der Waals surface area contributed by atoms with E-state index in [1.54, 1.807) is 4.90 Å². The third-order valence-corrected chi connectivity index (χ3v) is 4.81. The van der Waals surface area contributed by atoms with E-state index < -0.39 is 11.9 Å². The van der Waals surface area contributed by atoms with E-state index in [0.29, 0.717) is 13.0 Å². The van der Waals surface area contributed by atoms with Gasteiger partial charge in [0.2, 0.25) is 5.91 Å². The number of halogens is 1. The first-order chi connectivity index (χ1) is 11.0. The van der Waals surface area contributed by atoms with Crippen LogP contribution in [-0.4, -0.2) is 57.5 Å². The third kappa shape index (κ3) is 2.95. The fourth-order valence-electron chi connectivity index (χ4n) is 3.29. The summed E-state index contributed by atoms with van der Waals surface area (Å²) in [6.07, 6.45) is 3.39. The molecule has 1 atom stereocenters. The van der Waals surface area contributed by atoms with Crippen LogP contribution in [0.25, 0.3) is 0 Å². The molecule has 2 aliphatic heterocycles. The molecular weight excluding hydrogens is 320 g/mol. The fourth-order valence-corrected chi connectivity index (χ4v) is 3.46. The normalized spacial score (nSPS) is 21.0. The molecule has 0 unspecified atom stereocenters. The minimum Gasteiger partial charge on any atom is -0.507 e. The van der Waals surface area contributed by atoms with Crippen LogP contribution in [0.4, 0.5) is 0 Å². The lowest BCUT2D eigenvalue weighted by atomic mass is 10.1. The molecule has 2 aliphatic rings. The maximum absolute atomic E-state index is 12.7. The van der Waals surface area contributed by atoms with Gasteiger partial charge in [-0.2, -0.15) is 0 Å². The smallest absolute Gasteiger partial charge is 0.258 e. The Morgan fingerprint density at radius 1 is 1.04 bits per heavy atom. The number of nitrogens with zero attached hydrogens (tertiary/aromatic N) is 2. The molecule has 0 aromatic heterocycles. The largest absolute Gasteiger partial charge is 0.507 e. The summed E-state index contributed by atoms with van der Waals surface area (Å²) < 4.78 is 0. The Kier molecular flexibility index (Phi) is 4.35. The standard InChI is InChI=1S/C16H19ClN2O4/c17-11-8-10(13(20)9-14(11)21)15(22)19-7-3-4-12(19)16(23)18-5-1-2-6-18/h8-9,12,20-21H,1-7H2/t12-/m1/s1. The zero-order valence-electron chi connectivity index (χ0n) is 12.7. The Bertz CT molecular complexity index is 643. The second kappa shape index (κ2) is 6.28. The SMILES string of the molecule is O=C([C@H]1CCCN1C(=O)c1cc(Cl)c(O)cc1O)N1CCCC1. The molecule has 1 aromatic rings. The summed E-state index contributed by atoms with van der Waals surface area (Å²) in [6, 6.07) is 1.81. The molecule has 0 spiro atoms. The van der Waals surface area contributed by atoms with Gasteiger partial charge in [-0.25, -0.2) is 0 Å². The van der Waals surface area contributed by atoms with Crippen LogP contribution in [0.15, 0.2) is 12.1 Å². The topological polar surface area (TPSA) is 81.1 Å². The molecule has 124 valence electrons. The predicted molar refractivity (Wildman–Crippen MR) is 84.7 cm³/mol. The minimum atomic E-state index is -0.479. The van der Waals surface area contributed by atoms with Gasteiger partial charge in [-0.3, -0.25) is 9.59 Å². The average molecular weight is 339 g/mol. The van der Waals surface area contributed by atoms with Crippen LogP contribution in [-0.2, 0) is 4.79 Å². The van der Waals surface area contributed by atoms with Crippen LogP contribution in [0.3, 0.4) is 0 Å². The van der Waals surface area contributed by atoms with E-state index in [1.165, 1.54) is 11.0 Å². The summed E-state index contributed by atoms with van der Waals surface area (Å²) in [5, 5.41) is 19.4. The quantitative estimate of drug-likeness (QED) is 0.864. The van der Waals surface area contributed by atoms with Gasteiger partial charge in [0.05, 0.1) is 10.6 Å². The third-order valence-electron chi connectivity index (χ3n) is 4.51. The molecule has 23 heavy (non-hydrogen) atoms. The number of hydrogen-bond acceptors (Lipinski definition) is 4. The van der Waals surface area contributed by atoms with E-state index in [4.69, 9.17) is 11.6 Å². The molecule has 0 saturated carbocycles. The number of rotatable bonds is 2. The van der Waals surface area contributed by atoms with Gasteiger partial charge in [0.15, 0.2) is 0 Å². The van der Waals surface area contributed by atoms with Crippen molar-refractivity contribution in [2.24, 2.45) is 0 Å². The molecule has 3 rings (SSSR count). The summed E-state index contributed by atoms with van der Waals surface area (Å²) in [4.78, 5) is 28.6. The van der Waals surface area contributed by atoms with E-state index in [9.17, 15) is 19.8 Å². The zero-order valence-corrected chi connectivity index (χ0v) is 13.4. The van der Waals surface area contributed by atoms with Crippen molar-refractivity contribution >= 4 is 23.4 Å². The van der Waals surface area contributed by atoms with Gasteiger partial charge in [-0.1, -0.05) is 11.6 Å². The van der Waals surface area contributed by atoms with E-state index in [0.717, 1.165) is 38.4 Å². The monoisotopic (exact) mass is 338 g/mol. The van der Waals surface area contributed by atoms with E-state index >= 15 is 0 Å². The van der Waals surface area contributed by atoms with Gasteiger partial charge in [-0.15, -0.1) is 0 Å². The number of likely N-dealkylation sites (tertiary alicyclic amines) is 2. The Morgan fingerprint density at radius 2 is 1.74 bits per heavy atom. The van der Waals surface area contributed by atoms with Crippen molar-refractivity contribution in [2.75, 3.05) is 19.6 Å². The maximum atomic E-state index is 12.7. The van der Waals surface area contributed by atoms with Crippen molar-refractivity contribution in [1.29, 1.82) is 0 Å². The van der Waals surface area contributed by atoms with Gasteiger partial charge >= 0.3 is 0 Å². The van der Waals surface area contributed by atoms with E-state index in [1.807, 2.05) is 0 Å². The Hall–Kier alpha value is -1.95. The van der Waals surface area contributed by atoms with Gasteiger partial charge in [0.25, 0.3) is 5.91 Å². The van der Waals surface area contributed by atoms with Crippen LogP contribution in [0, 0.1) is 0 Å². The highest BCUT2D eigenvalue weighted by Crippen LogP contribution is 2.33. The molecule has 2 heterocycles. The molecule has 2 N–H and O–H groups in total. The van der Waals surface area contributed by atoms with Crippen LogP contribution >= 0.6 is 11.6 Å². The van der Waals surface area contributed by atoms with Crippen LogP contribution in [0.2, 0.25) is 5.02 Å². The van der Waals surface area contributed by atoms with Crippen molar-refractivity contribution in [3.05, 3.63) is 22.7 Å². The molecular formula is C16H19ClN2O4. The number of hydrogen-bond donors (Lipinski definition) is 2. The number of amides is 2. The van der Waals surface area contributed by atoms with Gasteiger partial charge < -0.3 is 20.0 Å². The summed E-state index contributed by atoms with van der Waals surface area (Å²) in [7, 11) is 0. The first-order valence-corrected chi connectivity index (χ1v) is 8.18.